The highest BCUT2D eigenvalue weighted by Crippen LogP contribution is 2.28. The maximum atomic E-state index is 12.5. The number of hydrogen-bond donors (Lipinski definition) is 2. The number of anilines is 2. The Kier molecular flexibility index (Phi) is 8.07. The maximum Gasteiger partial charge on any atom is 0.243 e. The van der Waals surface area contributed by atoms with Gasteiger partial charge in [-0.25, -0.2) is 0 Å². The number of rotatable bonds is 8. The lowest BCUT2D eigenvalue weighted by Gasteiger charge is -2.27. The Balaban J connectivity index is 1.37. The number of piperidine rings is 1. The van der Waals surface area contributed by atoms with E-state index in [1.165, 1.54) is 18.2 Å². The van der Waals surface area contributed by atoms with Gasteiger partial charge in [-0.2, -0.15) is 0 Å². The third kappa shape index (κ3) is 6.22. The van der Waals surface area contributed by atoms with Crippen LogP contribution in [0.4, 0.5) is 11.6 Å². The molecule has 0 saturated carbocycles. The van der Waals surface area contributed by atoms with Crippen LogP contribution >= 0.6 is 11.8 Å². The third-order valence-corrected chi connectivity index (χ3v) is 6.92. The number of para-hydroxylation sites is 1. The van der Waals surface area contributed by atoms with Gasteiger partial charge in [0, 0.05) is 18.8 Å². The molecule has 35 heavy (non-hydrogen) atoms. The van der Waals surface area contributed by atoms with Crippen molar-refractivity contribution in [1.82, 2.24) is 20.1 Å². The summed E-state index contributed by atoms with van der Waals surface area (Å²) in [7, 11) is 0. The minimum Gasteiger partial charge on any atom is -0.346 e. The fourth-order valence-corrected chi connectivity index (χ4v) is 5.16. The largest absolute Gasteiger partial charge is 0.346 e. The third-order valence-electron chi connectivity index (χ3n) is 5.99. The molecule has 2 heterocycles. The van der Waals surface area contributed by atoms with E-state index < -0.39 is 0 Å². The molecule has 9 heteroatoms. The summed E-state index contributed by atoms with van der Waals surface area (Å²) < 4.78 is 2.01. The van der Waals surface area contributed by atoms with Crippen LogP contribution in [0, 0.1) is 20.8 Å². The molecule has 0 spiro atoms. The minimum atomic E-state index is -0.252. The molecule has 0 radical (unpaired) electrons. The van der Waals surface area contributed by atoms with Crippen molar-refractivity contribution in [3.63, 3.8) is 0 Å². The quantitative estimate of drug-likeness (QED) is 0.461. The average molecular weight is 493 g/mol. The SMILES string of the molecule is Cc1cc(C)c(NC(=O)CNC(=O)CSc2nnc(N3CCCCC3)n2-c2ccccc2)c(C)c1. The second-order valence-corrected chi connectivity index (χ2v) is 9.83. The van der Waals surface area contributed by atoms with Crippen LogP contribution in [0.5, 0.6) is 0 Å². The molecular formula is C26H32N6O2S. The monoisotopic (exact) mass is 492 g/mol. The number of aromatic nitrogens is 3. The zero-order chi connectivity index (χ0) is 24.8. The smallest absolute Gasteiger partial charge is 0.243 e. The number of amides is 2. The minimum absolute atomic E-state index is 0.0868. The average Bonchev–Trinajstić information content (AvgIpc) is 3.29. The lowest BCUT2D eigenvalue weighted by atomic mass is 10.1. The summed E-state index contributed by atoms with van der Waals surface area (Å²) in [4.78, 5) is 27.2. The fraction of sp³-hybridized carbons (Fsp3) is 0.385. The van der Waals surface area contributed by atoms with Crippen molar-refractivity contribution in [2.45, 2.75) is 45.2 Å². The van der Waals surface area contributed by atoms with Gasteiger partial charge in [0.2, 0.25) is 17.8 Å². The van der Waals surface area contributed by atoms with Gasteiger partial charge in [-0.15, -0.1) is 10.2 Å². The molecule has 1 saturated heterocycles. The second-order valence-electron chi connectivity index (χ2n) is 8.89. The number of carbonyl (C=O) groups is 2. The number of hydrogen-bond acceptors (Lipinski definition) is 6. The Labute approximate surface area is 210 Å². The van der Waals surface area contributed by atoms with E-state index in [2.05, 4.69) is 25.7 Å². The van der Waals surface area contributed by atoms with E-state index in [0.717, 1.165) is 59.9 Å². The summed E-state index contributed by atoms with van der Waals surface area (Å²) in [5.74, 6) is 0.464. The van der Waals surface area contributed by atoms with E-state index in [-0.39, 0.29) is 24.1 Å². The van der Waals surface area contributed by atoms with E-state index >= 15 is 0 Å². The molecule has 1 aliphatic heterocycles. The van der Waals surface area contributed by atoms with Crippen LogP contribution < -0.4 is 15.5 Å². The first-order valence-electron chi connectivity index (χ1n) is 12.0. The zero-order valence-corrected chi connectivity index (χ0v) is 21.3. The predicted octanol–water partition coefficient (Wildman–Crippen LogP) is 4.03. The van der Waals surface area contributed by atoms with Crippen LogP contribution in [-0.2, 0) is 9.59 Å². The molecule has 3 aromatic rings. The Hall–Kier alpha value is -3.33. The Bertz CT molecular complexity index is 1160. The highest BCUT2D eigenvalue weighted by atomic mass is 32.2. The Morgan fingerprint density at radius 2 is 1.63 bits per heavy atom. The predicted molar refractivity (Wildman–Crippen MR) is 140 cm³/mol. The summed E-state index contributed by atoms with van der Waals surface area (Å²) in [5.41, 5.74) is 4.91. The van der Waals surface area contributed by atoms with E-state index in [0.29, 0.717) is 5.16 Å². The molecule has 0 unspecified atom stereocenters. The van der Waals surface area contributed by atoms with Crippen molar-refractivity contribution in [2.24, 2.45) is 0 Å². The molecule has 2 N–H and O–H groups in total. The summed E-state index contributed by atoms with van der Waals surface area (Å²) in [6, 6.07) is 14.0. The van der Waals surface area contributed by atoms with Crippen molar-refractivity contribution in [2.75, 3.05) is 35.6 Å². The topological polar surface area (TPSA) is 92.2 Å². The van der Waals surface area contributed by atoms with Gasteiger partial charge in [-0.3, -0.25) is 14.2 Å². The summed E-state index contributed by atoms with van der Waals surface area (Å²) >= 11 is 1.32. The highest BCUT2D eigenvalue weighted by molar-refractivity contribution is 7.99. The molecule has 0 bridgehead atoms. The van der Waals surface area contributed by atoms with E-state index in [4.69, 9.17) is 0 Å². The van der Waals surface area contributed by atoms with Crippen molar-refractivity contribution >= 4 is 35.2 Å². The van der Waals surface area contributed by atoms with Gasteiger partial charge in [0.25, 0.3) is 0 Å². The van der Waals surface area contributed by atoms with Gasteiger partial charge in [-0.05, 0) is 63.3 Å². The van der Waals surface area contributed by atoms with Crippen molar-refractivity contribution in [3.8, 4) is 5.69 Å². The molecule has 4 rings (SSSR count). The number of benzene rings is 2. The van der Waals surface area contributed by atoms with Gasteiger partial charge in [0.1, 0.15) is 0 Å². The number of carbonyl (C=O) groups excluding carboxylic acids is 2. The molecule has 0 atom stereocenters. The van der Waals surface area contributed by atoms with E-state index in [1.807, 2.05) is 67.8 Å². The van der Waals surface area contributed by atoms with Crippen LogP contribution in [0.2, 0.25) is 0 Å². The standard InChI is InChI=1S/C26H32N6O2S/c1-18-14-19(2)24(20(3)15-18)28-22(33)16-27-23(34)17-35-26-30-29-25(31-12-8-5-9-13-31)32(26)21-10-6-4-7-11-21/h4,6-7,10-11,14-15H,5,8-9,12-13,16-17H2,1-3H3,(H,27,34)(H,28,33). The first-order chi connectivity index (χ1) is 16.9. The van der Waals surface area contributed by atoms with Gasteiger partial charge < -0.3 is 15.5 Å². The van der Waals surface area contributed by atoms with Crippen molar-refractivity contribution < 1.29 is 9.59 Å². The molecule has 8 nitrogen and oxygen atoms in total. The lowest BCUT2D eigenvalue weighted by Crippen LogP contribution is -2.34. The molecule has 0 aliphatic carbocycles. The van der Waals surface area contributed by atoms with Crippen LogP contribution in [0.25, 0.3) is 5.69 Å². The molecule has 1 aliphatic rings. The molecule has 1 fully saturated rings. The molecule has 2 amide bonds. The summed E-state index contributed by atoms with van der Waals surface area (Å²) in [6.45, 7) is 7.77. The Morgan fingerprint density at radius 3 is 2.31 bits per heavy atom. The van der Waals surface area contributed by atoms with Crippen LogP contribution in [0.1, 0.15) is 36.0 Å². The second kappa shape index (κ2) is 11.4. The zero-order valence-electron chi connectivity index (χ0n) is 20.5. The normalized spacial score (nSPS) is 13.5. The van der Waals surface area contributed by atoms with Gasteiger partial charge in [0.15, 0.2) is 5.16 Å². The van der Waals surface area contributed by atoms with Gasteiger partial charge in [-0.1, -0.05) is 47.7 Å². The van der Waals surface area contributed by atoms with E-state index in [9.17, 15) is 9.59 Å². The van der Waals surface area contributed by atoms with Crippen LogP contribution in [0.3, 0.4) is 0 Å². The number of nitrogens with zero attached hydrogens (tertiary/aromatic N) is 4. The van der Waals surface area contributed by atoms with Gasteiger partial charge in [0.05, 0.1) is 18.0 Å². The molecule has 2 aromatic carbocycles. The number of nitrogens with one attached hydrogen (secondary N) is 2. The highest BCUT2D eigenvalue weighted by Gasteiger charge is 2.22. The fourth-order valence-electron chi connectivity index (χ4n) is 4.38. The first kappa shape index (κ1) is 24.8. The molecular weight excluding hydrogens is 460 g/mol. The van der Waals surface area contributed by atoms with Crippen molar-refractivity contribution in [3.05, 3.63) is 59.2 Å². The van der Waals surface area contributed by atoms with Crippen LogP contribution in [-0.4, -0.2) is 52.0 Å². The molecule has 1 aromatic heterocycles. The molecule has 184 valence electrons. The van der Waals surface area contributed by atoms with Crippen LogP contribution in [0.15, 0.2) is 47.6 Å². The first-order valence-corrected chi connectivity index (χ1v) is 12.9. The number of aryl methyl sites for hydroxylation is 3. The Morgan fingerprint density at radius 1 is 0.943 bits per heavy atom. The van der Waals surface area contributed by atoms with Gasteiger partial charge >= 0.3 is 0 Å². The number of thioether (sulfide) groups is 1. The summed E-state index contributed by atoms with van der Waals surface area (Å²) in [6.07, 6.45) is 3.50. The summed E-state index contributed by atoms with van der Waals surface area (Å²) in [5, 5.41) is 15.1. The van der Waals surface area contributed by atoms with E-state index in [1.54, 1.807) is 0 Å². The van der Waals surface area contributed by atoms with Crippen molar-refractivity contribution in [1.29, 1.82) is 0 Å². The lowest BCUT2D eigenvalue weighted by molar-refractivity contribution is -0.122. The maximum absolute atomic E-state index is 12.5.